The molecule has 6 nitrogen and oxygen atoms in total. The lowest BCUT2D eigenvalue weighted by molar-refractivity contribution is -0.133. The van der Waals surface area contributed by atoms with Gasteiger partial charge in [0, 0.05) is 13.7 Å². The van der Waals surface area contributed by atoms with Crippen molar-refractivity contribution < 1.29 is 18.7 Å². The van der Waals surface area contributed by atoms with E-state index in [0.29, 0.717) is 26.1 Å². The Bertz CT molecular complexity index is 529. The van der Waals surface area contributed by atoms with Crippen LogP contribution in [0.4, 0.5) is 4.39 Å². The van der Waals surface area contributed by atoms with E-state index < -0.39 is 11.9 Å². The monoisotopic (exact) mass is 369 g/mol. The summed E-state index contributed by atoms with van der Waals surface area (Å²) in [6, 6.07) is 5.67. The van der Waals surface area contributed by atoms with Crippen LogP contribution in [-0.4, -0.2) is 75.8 Å². The highest BCUT2D eigenvalue weighted by atomic mass is 19.1. The molecule has 0 bridgehead atoms. The SMILES string of the molecule is COCCN(CCOc1ccccc1F)C(=O)[C@@H](N)CCCCN(C)C. The van der Waals surface area contributed by atoms with E-state index in [-0.39, 0.29) is 18.3 Å². The topological polar surface area (TPSA) is 68.0 Å². The van der Waals surface area contributed by atoms with E-state index in [1.807, 2.05) is 14.1 Å². The zero-order valence-electron chi connectivity index (χ0n) is 16.1. The van der Waals surface area contributed by atoms with Crippen molar-refractivity contribution in [1.29, 1.82) is 0 Å². The van der Waals surface area contributed by atoms with Crippen LogP contribution in [0.2, 0.25) is 0 Å². The Balaban J connectivity index is 2.47. The van der Waals surface area contributed by atoms with E-state index in [1.54, 1.807) is 30.2 Å². The summed E-state index contributed by atoms with van der Waals surface area (Å²) < 4.78 is 24.1. The van der Waals surface area contributed by atoms with Crippen LogP contribution in [0.25, 0.3) is 0 Å². The van der Waals surface area contributed by atoms with Crippen LogP contribution in [0.5, 0.6) is 5.75 Å². The number of nitrogens with zero attached hydrogens (tertiary/aromatic N) is 2. The standard InChI is InChI=1S/C19H32FN3O3/c1-22(2)11-7-6-9-17(21)19(24)23(12-14-25-3)13-15-26-18-10-5-4-8-16(18)20/h4-5,8,10,17H,6-7,9,11-15,21H2,1-3H3/t17-/m0/s1. The van der Waals surface area contributed by atoms with E-state index in [1.165, 1.54) is 6.07 Å². The molecular weight excluding hydrogens is 337 g/mol. The van der Waals surface area contributed by atoms with Gasteiger partial charge in [-0.1, -0.05) is 18.6 Å². The minimum atomic E-state index is -0.539. The second-order valence-electron chi connectivity index (χ2n) is 6.50. The summed E-state index contributed by atoms with van der Waals surface area (Å²) >= 11 is 0. The van der Waals surface area contributed by atoms with Gasteiger partial charge in [-0.15, -0.1) is 0 Å². The second kappa shape index (κ2) is 12.6. The number of methoxy groups -OCH3 is 1. The van der Waals surface area contributed by atoms with Crippen molar-refractivity contribution in [2.75, 3.05) is 54.1 Å². The van der Waals surface area contributed by atoms with Gasteiger partial charge in [-0.2, -0.15) is 0 Å². The predicted molar refractivity (Wildman–Crippen MR) is 101 cm³/mol. The molecule has 26 heavy (non-hydrogen) atoms. The highest BCUT2D eigenvalue weighted by Crippen LogP contribution is 2.15. The first-order chi connectivity index (χ1) is 12.5. The molecule has 0 fully saturated rings. The number of unbranched alkanes of at least 4 members (excludes halogenated alkanes) is 1. The Kier molecular flexibility index (Phi) is 10.8. The lowest BCUT2D eigenvalue weighted by Crippen LogP contribution is -2.46. The normalized spacial score (nSPS) is 12.2. The molecule has 1 aromatic rings. The van der Waals surface area contributed by atoms with Gasteiger partial charge in [0.25, 0.3) is 0 Å². The number of amides is 1. The minimum Gasteiger partial charge on any atom is -0.489 e. The van der Waals surface area contributed by atoms with Crippen molar-refractivity contribution in [1.82, 2.24) is 9.80 Å². The fraction of sp³-hybridized carbons (Fsp3) is 0.632. The molecule has 1 aromatic carbocycles. The number of para-hydroxylation sites is 1. The zero-order valence-corrected chi connectivity index (χ0v) is 16.1. The fourth-order valence-electron chi connectivity index (χ4n) is 2.51. The van der Waals surface area contributed by atoms with E-state index in [9.17, 15) is 9.18 Å². The number of benzene rings is 1. The predicted octanol–water partition coefficient (Wildman–Crippen LogP) is 1.74. The minimum absolute atomic E-state index is 0.121. The maximum atomic E-state index is 13.6. The van der Waals surface area contributed by atoms with Crippen molar-refractivity contribution in [3.63, 3.8) is 0 Å². The van der Waals surface area contributed by atoms with Gasteiger partial charge in [-0.25, -0.2) is 4.39 Å². The quantitative estimate of drug-likeness (QED) is 0.537. The Morgan fingerprint density at radius 1 is 1.15 bits per heavy atom. The van der Waals surface area contributed by atoms with Gasteiger partial charge < -0.3 is 25.0 Å². The highest BCUT2D eigenvalue weighted by Gasteiger charge is 2.20. The number of rotatable bonds is 13. The Hall–Kier alpha value is -1.70. The maximum Gasteiger partial charge on any atom is 0.239 e. The van der Waals surface area contributed by atoms with Crippen LogP contribution in [0, 0.1) is 5.82 Å². The van der Waals surface area contributed by atoms with Gasteiger partial charge >= 0.3 is 0 Å². The van der Waals surface area contributed by atoms with Crippen molar-refractivity contribution in [3.05, 3.63) is 30.1 Å². The molecule has 0 heterocycles. The van der Waals surface area contributed by atoms with Crippen LogP contribution in [-0.2, 0) is 9.53 Å². The fourth-order valence-corrected chi connectivity index (χ4v) is 2.51. The molecule has 0 aliphatic carbocycles. The van der Waals surface area contributed by atoms with E-state index in [2.05, 4.69) is 4.90 Å². The van der Waals surface area contributed by atoms with Crippen molar-refractivity contribution >= 4 is 5.91 Å². The van der Waals surface area contributed by atoms with Crippen molar-refractivity contribution in [3.8, 4) is 5.75 Å². The maximum absolute atomic E-state index is 13.6. The molecule has 148 valence electrons. The lowest BCUT2D eigenvalue weighted by atomic mass is 10.1. The second-order valence-corrected chi connectivity index (χ2v) is 6.50. The number of hydrogen-bond acceptors (Lipinski definition) is 5. The average Bonchev–Trinajstić information content (AvgIpc) is 2.62. The third-order valence-electron chi connectivity index (χ3n) is 4.02. The Morgan fingerprint density at radius 2 is 1.85 bits per heavy atom. The first-order valence-electron chi connectivity index (χ1n) is 9.01. The molecule has 0 aliphatic heterocycles. The van der Waals surface area contributed by atoms with Gasteiger partial charge in [0.2, 0.25) is 5.91 Å². The summed E-state index contributed by atoms with van der Waals surface area (Å²) in [6.07, 6.45) is 2.54. The molecule has 7 heteroatoms. The van der Waals surface area contributed by atoms with Crippen molar-refractivity contribution in [2.45, 2.75) is 25.3 Å². The molecule has 0 saturated heterocycles. The van der Waals surface area contributed by atoms with Gasteiger partial charge in [0.05, 0.1) is 19.2 Å². The Labute approximate surface area is 156 Å². The first kappa shape index (κ1) is 22.3. The molecule has 2 N–H and O–H groups in total. The number of carbonyl (C=O) groups is 1. The number of nitrogens with two attached hydrogens (primary N) is 1. The summed E-state index contributed by atoms with van der Waals surface area (Å²) in [5.74, 6) is -0.358. The molecular formula is C19H32FN3O3. The van der Waals surface area contributed by atoms with Gasteiger partial charge in [0.15, 0.2) is 11.6 Å². The number of halogens is 1. The first-order valence-corrected chi connectivity index (χ1v) is 9.01. The van der Waals surface area contributed by atoms with E-state index >= 15 is 0 Å². The molecule has 0 saturated carbocycles. The van der Waals surface area contributed by atoms with Crippen LogP contribution in [0.1, 0.15) is 19.3 Å². The van der Waals surface area contributed by atoms with Crippen LogP contribution in [0.3, 0.4) is 0 Å². The third-order valence-corrected chi connectivity index (χ3v) is 4.02. The molecule has 0 radical (unpaired) electrons. The largest absolute Gasteiger partial charge is 0.489 e. The number of carbonyl (C=O) groups excluding carboxylic acids is 1. The molecule has 1 rings (SSSR count). The molecule has 1 amide bonds. The zero-order chi connectivity index (χ0) is 19.4. The molecule has 0 unspecified atom stereocenters. The molecule has 0 aliphatic rings. The summed E-state index contributed by atoms with van der Waals surface area (Å²) in [6.45, 7) is 2.36. The van der Waals surface area contributed by atoms with Gasteiger partial charge in [0.1, 0.15) is 6.61 Å². The van der Waals surface area contributed by atoms with Crippen molar-refractivity contribution in [2.24, 2.45) is 5.73 Å². The lowest BCUT2D eigenvalue weighted by Gasteiger charge is -2.25. The third kappa shape index (κ3) is 8.60. The summed E-state index contributed by atoms with van der Waals surface area (Å²) in [5.41, 5.74) is 6.07. The van der Waals surface area contributed by atoms with E-state index in [0.717, 1.165) is 19.4 Å². The number of ether oxygens (including phenoxy) is 2. The number of hydrogen-bond donors (Lipinski definition) is 1. The summed E-state index contributed by atoms with van der Waals surface area (Å²) in [7, 11) is 5.62. The molecule has 0 spiro atoms. The van der Waals surface area contributed by atoms with Gasteiger partial charge in [-0.3, -0.25) is 4.79 Å². The van der Waals surface area contributed by atoms with Gasteiger partial charge in [-0.05, 0) is 45.6 Å². The average molecular weight is 369 g/mol. The summed E-state index contributed by atoms with van der Waals surface area (Å²) in [4.78, 5) is 16.3. The Morgan fingerprint density at radius 3 is 2.50 bits per heavy atom. The smallest absolute Gasteiger partial charge is 0.239 e. The van der Waals surface area contributed by atoms with Crippen LogP contribution >= 0.6 is 0 Å². The summed E-state index contributed by atoms with van der Waals surface area (Å²) in [5, 5.41) is 0. The van der Waals surface area contributed by atoms with Crippen LogP contribution in [0.15, 0.2) is 24.3 Å². The highest BCUT2D eigenvalue weighted by molar-refractivity contribution is 5.81. The molecule has 0 aromatic heterocycles. The van der Waals surface area contributed by atoms with Crippen LogP contribution < -0.4 is 10.5 Å². The molecule has 1 atom stereocenters. The van der Waals surface area contributed by atoms with E-state index in [4.69, 9.17) is 15.2 Å².